The maximum absolute atomic E-state index is 12.0. The van der Waals surface area contributed by atoms with E-state index in [2.05, 4.69) is 20.9 Å². The predicted molar refractivity (Wildman–Crippen MR) is 111 cm³/mol. The zero-order chi connectivity index (χ0) is 20.2. The second-order valence-electron chi connectivity index (χ2n) is 7.59. The van der Waals surface area contributed by atoms with E-state index in [1.807, 2.05) is 6.92 Å². The number of sulfone groups is 1. The van der Waals surface area contributed by atoms with Gasteiger partial charge in [-0.1, -0.05) is 19.3 Å². The van der Waals surface area contributed by atoms with E-state index in [0.29, 0.717) is 31.6 Å². The third kappa shape index (κ3) is 9.23. The van der Waals surface area contributed by atoms with Crippen LogP contribution in [0, 0.1) is 0 Å². The average molecular weight is 417 g/mol. The lowest BCUT2D eigenvalue weighted by Crippen LogP contribution is -2.41. The highest BCUT2D eigenvalue weighted by atomic mass is 32.2. The average Bonchev–Trinajstić information content (AvgIpc) is 3.00. The number of nitrogens with one attached hydrogen (secondary N) is 3. The monoisotopic (exact) mass is 416 g/mol. The van der Waals surface area contributed by atoms with Crippen molar-refractivity contribution in [3.05, 3.63) is 0 Å². The van der Waals surface area contributed by atoms with E-state index in [9.17, 15) is 13.2 Å². The highest BCUT2D eigenvalue weighted by molar-refractivity contribution is 7.91. The smallest absolute Gasteiger partial charge is 0.222 e. The van der Waals surface area contributed by atoms with Gasteiger partial charge in [-0.15, -0.1) is 0 Å². The van der Waals surface area contributed by atoms with Crippen LogP contribution in [0.15, 0.2) is 4.99 Å². The van der Waals surface area contributed by atoms with Crippen molar-refractivity contribution < 1.29 is 17.9 Å². The molecule has 3 N–H and O–H groups in total. The van der Waals surface area contributed by atoms with E-state index in [-0.39, 0.29) is 29.9 Å². The fraction of sp³-hybridized carbons (Fsp3) is 0.895. The number of carbonyl (C=O) groups is 1. The number of guanidine groups is 1. The molecule has 2 aliphatic rings. The van der Waals surface area contributed by atoms with E-state index >= 15 is 0 Å². The molecule has 0 aromatic rings. The van der Waals surface area contributed by atoms with Gasteiger partial charge in [0.05, 0.1) is 17.6 Å². The van der Waals surface area contributed by atoms with E-state index in [0.717, 1.165) is 19.6 Å². The molecule has 9 heteroatoms. The molecule has 1 heterocycles. The molecule has 1 saturated heterocycles. The molecule has 0 aromatic carbocycles. The van der Waals surface area contributed by atoms with Crippen LogP contribution < -0.4 is 16.0 Å². The van der Waals surface area contributed by atoms with Crippen LogP contribution in [0.25, 0.3) is 0 Å². The van der Waals surface area contributed by atoms with Crippen LogP contribution in [-0.4, -0.2) is 70.2 Å². The van der Waals surface area contributed by atoms with Crippen molar-refractivity contribution in [1.82, 2.24) is 16.0 Å². The van der Waals surface area contributed by atoms with Crippen LogP contribution in [-0.2, 0) is 19.4 Å². The maximum atomic E-state index is 12.0. The predicted octanol–water partition coefficient (Wildman–Crippen LogP) is 0.974. The Labute approximate surface area is 169 Å². The normalized spacial score (nSPS) is 22.8. The van der Waals surface area contributed by atoms with Crippen molar-refractivity contribution >= 4 is 21.7 Å². The minimum atomic E-state index is -2.97. The van der Waals surface area contributed by atoms with Crippen LogP contribution in [0.3, 0.4) is 0 Å². The zero-order valence-corrected chi connectivity index (χ0v) is 17.9. The van der Waals surface area contributed by atoms with Gasteiger partial charge in [-0.25, -0.2) is 8.42 Å². The lowest BCUT2D eigenvalue weighted by Gasteiger charge is -2.21. The van der Waals surface area contributed by atoms with Gasteiger partial charge in [0.1, 0.15) is 0 Å². The van der Waals surface area contributed by atoms with Gasteiger partial charge in [0, 0.05) is 38.7 Å². The summed E-state index contributed by atoms with van der Waals surface area (Å²) in [4.78, 5) is 16.5. The number of rotatable bonds is 10. The summed E-state index contributed by atoms with van der Waals surface area (Å²) >= 11 is 0. The lowest BCUT2D eigenvalue weighted by atomic mass is 9.98. The van der Waals surface area contributed by atoms with Crippen molar-refractivity contribution in [3.63, 3.8) is 0 Å². The highest BCUT2D eigenvalue weighted by Gasteiger charge is 2.28. The van der Waals surface area contributed by atoms with Crippen molar-refractivity contribution in [2.75, 3.05) is 37.7 Å². The van der Waals surface area contributed by atoms with Gasteiger partial charge in [-0.3, -0.25) is 9.79 Å². The number of amides is 1. The minimum Gasteiger partial charge on any atom is -0.378 e. The molecule has 1 saturated carbocycles. The number of carbonyl (C=O) groups excluding carboxylic acids is 1. The Balaban J connectivity index is 1.58. The first-order valence-corrected chi connectivity index (χ1v) is 12.4. The Morgan fingerprint density at radius 3 is 2.61 bits per heavy atom. The molecule has 0 bridgehead atoms. The molecule has 2 fully saturated rings. The largest absolute Gasteiger partial charge is 0.378 e. The van der Waals surface area contributed by atoms with Gasteiger partial charge in [0.2, 0.25) is 5.91 Å². The zero-order valence-electron chi connectivity index (χ0n) is 17.0. The van der Waals surface area contributed by atoms with Crippen LogP contribution in [0.1, 0.15) is 58.3 Å². The van der Waals surface area contributed by atoms with E-state index in [1.165, 1.54) is 32.1 Å². The van der Waals surface area contributed by atoms with E-state index < -0.39 is 9.84 Å². The first-order valence-electron chi connectivity index (χ1n) is 10.6. The molecule has 162 valence electrons. The number of ether oxygens (including phenoxy) is 1. The summed E-state index contributed by atoms with van der Waals surface area (Å²) in [5, 5.41) is 9.12. The van der Waals surface area contributed by atoms with Gasteiger partial charge >= 0.3 is 0 Å². The van der Waals surface area contributed by atoms with Gasteiger partial charge in [-0.2, -0.15) is 0 Å². The quantitative estimate of drug-likeness (QED) is 0.278. The third-order valence-electron chi connectivity index (χ3n) is 5.06. The minimum absolute atomic E-state index is 0.0548. The SMILES string of the molecule is CCNC(=NCCCOC1CCCCC1)NCCC(=O)NC1CCS(=O)(=O)C1. The number of aliphatic imine (C=N–C) groups is 1. The van der Waals surface area contributed by atoms with Crippen LogP contribution in [0.5, 0.6) is 0 Å². The molecule has 1 unspecified atom stereocenters. The van der Waals surface area contributed by atoms with Gasteiger partial charge in [0.25, 0.3) is 0 Å². The van der Waals surface area contributed by atoms with Crippen LogP contribution in [0.2, 0.25) is 0 Å². The second kappa shape index (κ2) is 12.3. The Morgan fingerprint density at radius 2 is 1.93 bits per heavy atom. The van der Waals surface area contributed by atoms with Crippen molar-refractivity contribution in [2.24, 2.45) is 4.99 Å². The van der Waals surface area contributed by atoms with Gasteiger partial charge in [0.15, 0.2) is 15.8 Å². The third-order valence-corrected chi connectivity index (χ3v) is 6.83. The summed E-state index contributed by atoms with van der Waals surface area (Å²) in [5.41, 5.74) is 0. The van der Waals surface area contributed by atoms with Crippen molar-refractivity contribution in [2.45, 2.75) is 70.4 Å². The Hall–Kier alpha value is -1.35. The Bertz CT molecular complexity index is 603. The fourth-order valence-corrected chi connectivity index (χ4v) is 5.26. The summed E-state index contributed by atoms with van der Waals surface area (Å²) in [7, 11) is -2.97. The first kappa shape index (κ1) is 22.9. The summed E-state index contributed by atoms with van der Waals surface area (Å²) in [5.74, 6) is 0.777. The van der Waals surface area contributed by atoms with Crippen LogP contribution >= 0.6 is 0 Å². The first-order chi connectivity index (χ1) is 13.5. The second-order valence-corrected chi connectivity index (χ2v) is 9.82. The molecular weight excluding hydrogens is 380 g/mol. The van der Waals surface area contributed by atoms with Gasteiger partial charge in [-0.05, 0) is 32.6 Å². The molecule has 1 atom stereocenters. The Morgan fingerprint density at radius 1 is 1.14 bits per heavy atom. The molecule has 0 aromatic heterocycles. The molecule has 1 amide bonds. The van der Waals surface area contributed by atoms with Crippen molar-refractivity contribution in [1.29, 1.82) is 0 Å². The molecular formula is C19H36N4O4S. The standard InChI is InChI=1S/C19H36N4O4S/c1-2-20-19(21-11-6-13-27-17-7-4-3-5-8-17)22-12-9-18(24)23-16-10-14-28(25,26)15-16/h16-17H,2-15H2,1H3,(H,23,24)(H2,20,21,22). The molecule has 28 heavy (non-hydrogen) atoms. The summed E-state index contributed by atoms with van der Waals surface area (Å²) in [6, 6.07) is -0.247. The fourth-order valence-electron chi connectivity index (χ4n) is 3.58. The lowest BCUT2D eigenvalue weighted by molar-refractivity contribution is -0.121. The molecule has 0 radical (unpaired) electrons. The topological polar surface area (TPSA) is 109 Å². The van der Waals surface area contributed by atoms with E-state index in [1.54, 1.807) is 0 Å². The van der Waals surface area contributed by atoms with Crippen molar-refractivity contribution in [3.8, 4) is 0 Å². The molecule has 8 nitrogen and oxygen atoms in total. The molecule has 0 spiro atoms. The van der Waals surface area contributed by atoms with Crippen LogP contribution in [0.4, 0.5) is 0 Å². The maximum Gasteiger partial charge on any atom is 0.222 e. The number of hydrogen-bond acceptors (Lipinski definition) is 5. The number of nitrogens with zero attached hydrogens (tertiary/aromatic N) is 1. The Kier molecular flexibility index (Phi) is 10.0. The summed E-state index contributed by atoms with van der Waals surface area (Å²) in [6.07, 6.45) is 8.36. The molecule has 1 aliphatic heterocycles. The molecule has 1 aliphatic carbocycles. The molecule has 2 rings (SSSR count). The summed E-state index contributed by atoms with van der Waals surface area (Å²) in [6.45, 7) is 4.61. The van der Waals surface area contributed by atoms with E-state index in [4.69, 9.17) is 4.74 Å². The highest BCUT2D eigenvalue weighted by Crippen LogP contribution is 2.20. The summed E-state index contributed by atoms with van der Waals surface area (Å²) < 4.78 is 28.8. The number of hydrogen-bond donors (Lipinski definition) is 3. The van der Waals surface area contributed by atoms with Gasteiger partial charge < -0.3 is 20.7 Å².